The lowest BCUT2D eigenvalue weighted by Crippen LogP contribution is -2.49. The normalized spacial score (nSPS) is 19.2. The minimum Gasteiger partial charge on any atom is -0.349 e. The lowest BCUT2D eigenvalue weighted by atomic mass is 10.0. The summed E-state index contributed by atoms with van der Waals surface area (Å²) in [5, 5.41) is 3.51. The van der Waals surface area contributed by atoms with Crippen LogP contribution in [0.5, 0.6) is 0 Å². The van der Waals surface area contributed by atoms with E-state index in [9.17, 15) is 14.4 Å². The van der Waals surface area contributed by atoms with E-state index in [-0.39, 0.29) is 63.9 Å². The van der Waals surface area contributed by atoms with Crippen molar-refractivity contribution >= 4 is 57.7 Å². The van der Waals surface area contributed by atoms with Gasteiger partial charge in [0.1, 0.15) is 11.6 Å². The maximum Gasteiger partial charge on any atom is 0.355 e. The molecule has 1 saturated carbocycles. The molecule has 0 radical (unpaired) electrons. The van der Waals surface area contributed by atoms with Crippen molar-refractivity contribution in [3.05, 3.63) is 82.0 Å². The quantitative estimate of drug-likeness (QED) is 0.283. The Morgan fingerprint density at radius 1 is 1.16 bits per heavy atom. The fraction of sp³-hybridized carbons (Fsp3) is 0.303. The predicted octanol–water partition coefficient (Wildman–Crippen LogP) is 5.77. The zero-order valence-corrected chi connectivity index (χ0v) is 26.3. The molecule has 0 spiro atoms. The highest BCUT2D eigenvalue weighted by Gasteiger charge is 2.51. The highest BCUT2D eigenvalue weighted by atomic mass is 35.5. The van der Waals surface area contributed by atoms with E-state index in [1.165, 1.54) is 34.5 Å². The number of para-hydroxylation sites is 1. The average molecular weight is 645 g/mol. The molecule has 230 valence electrons. The van der Waals surface area contributed by atoms with Crippen LogP contribution in [0.3, 0.4) is 0 Å². The summed E-state index contributed by atoms with van der Waals surface area (Å²) in [6, 6.07) is 11.9. The van der Waals surface area contributed by atoms with Gasteiger partial charge in [0.05, 0.1) is 45.1 Å². The fourth-order valence-electron chi connectivity index (χ4n) is 6.44. The molecule has 1 N–H and O–H groups in total. The minimum atomic E-state index is -0.610. The van der Waals surface area contributed by atoms with Crippen molar-refractivity contribution in [2.24, 2.45) is 0 Å². The first-order valence-corrected chi connectivity index (χ1v) is 16.2. The molecule has 7 rings (SSSR count). The summed E-state index contributed by atoms with van der Waals surface area (Å²) < 4.78 is 17.1. The Balaban J connectivity index is 1.54. The van der Waals surface area contributed by atoms with Crippen LogP contribution in [0.15, 0.2) is 64.8 Å². The van der Waals surface area contributed by atoms with Crippen LogP contribution in [0.25, 0.3) is 28.0 Å². The number of carbonyl (C=O) groups excluding carboxylic acids is 2. The zero-order valence-electron chi connectivity index (χ0n) is 24.7. The van der Waals surface area contributed by atoms with Crippen molar-refractivity contribution in [3.8, 4) is 16.9 Å². The monoisotopic (exact) mass is 644 g/mol. The molecule has 2 bridgehead atoms. The Morgan fingerprint density at radius 3 is 2.73 bits per heavy atom. The lowest BCUT2D eigenvalue weighted by Gasteiger charge is -2.35. The summed E-state index contributed by atoms with van der Waals surface area (Å²) in [5.74, 6) is -0.121. The first kappa shape index (κ1) is 29.5. The standard InChI is InChI=1S/C33H30ClFN6O3S/c1-4-27(43)39-12-13-40(24-16-23(24)39)31-19-15-20(34)29-28-21(35)8-6-9-22(28)36-26(42)11-14-45-25-10-5-7-18(17(2)3)30(25)41(32(19)37-29)33(44)38-31/h4-10,15,17,23-24H,1,11-14,16H2,2-3H3,(H,36,42)/t23-,24+/m1/s1. The van der Waals surface area contributed by atoms with Crippen molar-refractivity contribution in [1.29, 1.82) is 0 Å². The average Bonchev–Trinajstić information content (AvgIpc) is 3.81. The highest BCUT2D eigenvalue weighted by Crippen LogP contribution is 2.44. The van der Waals surface area contributed by atoms with Crippen molar-refractivity contribution < 1.29 is 14.0 Å². The second kappa shape index (κ2) is 11.3. The maximum atomic E-state index is 15.6. The van der Waals surface area contributed by atoms with Gasteiger partial charge in [-0.15, -0.1) is 11.8 Å². The van der Waals surface area contributed by atoms with E-state index in [0.29, 0.717) is 35.7 Å². The molecule has 0 unspecified atom stereocenters. The molecule has 2 aromatic carbocycles. The van der Waals surface area contributed by atoms with Crippen molar-refractivity contribution in [3.63, 3.8) is 0 Å². The molecule has 45 heavy (non-hydrogen) atoms. The van der Waals surface area contributed by atoms with E-state index in [1.54, 1.807) is 17.0 Å². The minimum absolute atomic E-state index is 0.0119. The Bertz CT molecular complexity index is 1980. The number of rotatable bonds is 3. The highest BCUT2D eigenvalue weighted by molar-refractivity contribution is 7.99. The van der Waals surface area contributed by atoms with E-state index >= 15 is 4.39 Å². The smallest absolute Gasteiger partial charge is 0.349 e. The number of fused-ring (bicyclic) bond motifs is 6. The molecule has 12 heteroatoms. The SMILES string of the molecule is C=CC(=O)N1CCN(c2nc(=O)n3c4nc(c(Cl)cc24)-c2c(F)cccc2NC(=O)CCSc2cccc(C(C)C)c2-3)[C@H]2C[C@H]21. The first-order valence-electron chi connectivity index (χ1n) is 14.9. The third-order valence-corrected chi connectivity index (χ3v) is 9.96. The van der Waals surface area contributed by atoms with Crippen LogP contribution in [-0.4, -0.2) is 62.2 Å². The summed E-state index contributed by atoms with van der Waals surface area (Å²) in [6.07, 6.45) is 2.22. The largest absolute Gasteiger partial charge is 0.355 e. The third kappa shape index (κ3) is 4.98. The first-order chi connectivity index (χ1) is 21.7. The van der Waals surface area contributed by atoms with Gasteiger partial charge in [0.2, 0.25) is 11.8 Å². The van der Waals surface area contributed by atoms with Gasteiger partial charge in [-0.2, -0.15) is 4.98 Å². The number of amides is 2. The number of thioether (sulfide) groups is 1. The molecular weight excluding hydrogens is 615 g/mol. The lowest BCUT2D eigenvalue weighted by molar-refractivity contribution is -0.127. The van der Waals surface area contributed by atoms with Crippen LogP contribution in [0, 0.1) is 5.82 Å². The molecule has 2 fully saturated rings. The van der Waals surface area contributed by atoms with Gasteiger partial charge in [0.25, 0.3) is 0 Å². The second-order valence-electron chi connectivity index (χ2n) is 11.7. The number of benzene rings is 2. The topological polar surface area (TPSA) is 100 Å². The Hall–Kier alpha value is -4.22. The van der Waals surface area contributed by atoms with Crippen molar-refractivity contribution in [2.75, 3.05) is 29.1 Å². The van der Waals surface area contributed by atoms with Gasteiger partial charge < -0.3 is 15.1 Å². The number of nitrogens with zero attached hydrogens (tertiary/aromatic N) is 5. The number of hydrogen-bond acceptors (Lipinski definition) is 7. The molecule has 1 aliphatic carbocycles. The van der Waals surface area contributed by atoms with E-state index in [2.05, 4.69) is 21.8 Å². The molecule has 2 amide bonds. The number of pyridine rings is 1. The van der Waals surface area contributed by atoms with E-state index < -0.39 is 11.5 Å². The van der Waals surface area contributed by atoms with Gasteiger partial charge in [-0.1, -0.05) is 50.2 Å². The van der Waals surface area contributed by atoms with Crippen LogP contribution >= 0.6 is 23.4 Å². The second-order valence-corrected chi connectivity index (χ2v) is 13.2. The van der Waals surface area contributed by atoms with Crippen LogP contribution in [0.2, 0.25) is 5.02 Å². The number of nitrogens with one attached hydrogen (secondary N) is 1. The van der Waals surface area contributed by atoms with E-state index in [0.717, 1.165) is 16.9 Å². The number of carbonyl (C=O) groups is 2. The van der Waals surface area contributed by atoms with Gasteiger partial charge in [-0.3, -0.25) is 9.59 Å². The Kier molecular flexibility index (Phi) is 7.40. The van der Waals surface area contributed by atoms with Gasteiger partial charge in [0.15, 0.2) is 5.65 Å². The fourth-order valence-corrected chi connectivity index (χ4v) is 7.71. The van der Waals surface area contributed by atoms with Gasteiger partial charge in [-0.05, 0) is 48.2 Å². The number of halogens is 2. The summed E-state index contributed by atoms with van der Waals surface area (Å²) >= 11 is 8.37. The summed E-state index contributed by atoms with van der Waals surface area (Å²) in [6.45, 7) is 8.63. The van der Waals surface area contributed by atoms with E-state index in [4.69, 9.17) is 16.6 Å². The summed E-state index contributed by atoms with van der Waals surface area (Å²) in [4.78, 5) is 54.0. The molecule has 2 atom stereocenters. The third-order valence-electron chi connectivity index (χ3n) is 8.62. The number of piperazine rings is 1. The molecule has 3 aliphatic rings. The van der Waals surface area contributed by atoms with Gasteiger partial charge in [-0.25, -0.2) is 18.7 Å². The number of hydrogen-bond donors (Lipinski definition) is 1. The number of aromatic nitrogens is 3. The van der Waals surface area contributed by atoms with E-state index in [1.807, 2.05) is 32.0 Å². The number of anilines is 2. The Morgan fingerprint density at radius 2 is 1.96 bits per heavy atom. The van der Waals surface area contributed by atoms with Crippen molar-refractivity contribution in [2.45, 2.75) is 49.6 Å². The molecule has 9 nitrogen and oxygen atoms in total. The van der Waals surface area contributed by atoms with Crippen LogP contribution in [0.1, 0.15) is 38.2 Å². The molecule has 1 saturated heterocycles. The van der Waals surface area contributed by atoms with Gasteiger partial charge in [0, 0.05) is 30.2 Å². The van der Waals surface area contributed by atoms with Crippen molar-refractivity contribution in [1.82, 2.24) is 19.4 Å². The maximum absolute atomic E-state index is 15.6. The summed E-state index contributed by atoms with van der Waals surface area (Å²) in [7, 11) is 0. The Labute approximate surface area is 268 Å². The summed E-state index contributed by atoms with van der Waals surface area (Å²) in [5.41, 5.74) is 1.66. The van der Waals surface area contributed by atoms with Gasteiger partial charge >= 0.3 is 5.69 Å². The van der Waals surface area contributed by atoms with Crippen LogP contribution in [0.4, 0.5) is 15.9 Å². The molecular formula is C33H30ClFN6O3S. The van der Waals surface area contributed by atoms with Crippen LogP contribution < -0.4 is 15.9 Å². The zero-order chi connectivity index (χ0) is 31.6. The predicted molar refractivity (Wildman–Crippen MR) is 175 cm³/mol. The molecule has 2 aromatic heterocycles. The molecule has 4 heterocycles. The molecule has 2 aliphatic heterocycles. The van der Waals surface area contributed by atoms with Crippen LogP contribution in [-0.2, 0) is 9.59 Å². The molecule has 4 aromatic rings.